The number of fused-ring (bicyclic) bond motifs is 1. The van der Waals surface area contributed by atoms with E-state index in [4.69, 9.17) is 4.74 Å². The zero-order valence-electron chi connectivity index (χ0n) is 19.0. The number of hydrogen-bond acceptors (Lipinski definition) is 4. The number of piperidine rings is 1. The van der Waals surface area contributed by atoms with Crippen molar-refractivity contribution in [2.75, 3.05) is 7.11 Å². The second-order valence-electron chi connectivity index (χ2n) is 9.70. The first kappa shape index (κ1) is 21.0. The summed E-state index contributed by atoms with van der Waals surface area (Å²) in [5.74, 6) is 0.438. The molecule has 5 atom stereocenters. The van der Waals surface area contributed by atoms with Crippen LogP contribution < -0.4 is 4.74 Å². The molecule has 2 saturated heterocycles. The van der Waals surface area contributed by atoms with Gasteiger partial charge in [-0.3, -0.25) is 9.59 Å². The molecular formula is C26H31N3O3. The van der Waals surface area contributed by atoms with Crippen molar-refractivity contribution in [3.63, 3.8) is 0 Å². The molecule has 2 amide bonds. The lowest BCUT2D eigenvalue weighted by atomic mass is 9.64. The Balaban J connectivity index is 1.63. The van der Waals surface area contributed by atoms with E-state index in [2.05, 4.69) is 33.8 Å². The predicted octanol–water partition coefficient (Wildman–Crippen LogP) is 3.71. The number of hydrogen-bond donors (Lipinski definition) is 0. The summed E-state index contributed by atoms with van der Waals surface area (Å²) in [5, 5.41) is 0. The van der Waals surface area contributed by atoms with E-state index in [1.807, 2.05) is 18.2 Å². The van der Waals surface area contributed by atoms with Crippen LogP contribution in [0.4, 0.5) is 0 Å². The molecule has 0 spiro atoms. The Morgan fingerprint density at radius 3 is 2.50 bits per heavy atom. The summed E-state index contributed by atoms with van der Waals surface area (Å²) < 4.78 is 5.45. The summed E-state index contributed by atoms with van der Waals surface area (Å²) in [5.41, 5.74) is 1.59. The average Bonchev–Trinajstić information content (AvgIpc) is 3.12. The molecule has 3 aliphatic rings. The summed E-state index contributed by atoms with van der Waals surface area (Å²) in [4.78, 5) is 35.5. The van der Waals surface area contributed by atoms with Crippen LogP contribution in [0.2, 0.25) is 0 Å². The van der Waals surface area contributed by atoms with Crippen molar-refractivity contribution < 1.29 is 14.3 Å². The number of likely N-dealkylation sites (tertiary alicyclic amines) is 2. The highest BCUT2D eigenvalue weighted by atomic mass is 16.5. The molecule has 6 nitrogen and oxygen atoms in total. The molecule has 32 heavy (non-hydrogen) atoms. The van der Waals surface area contributed by atoms with E-state index in [-0.39, 0.29) is 41.4 Å². The largest absolute Gasteiger partial charge is 0.480 e. The van der Waals surface area contributed by atoms with Gasteiger partial charge in [-0.05, 0) is 49.8 Å². The molecule has 1 aromatic heterocycles. The quantitative estimate of drug-likeness (QED) is 0.738. The Morgan fingerprint density at radius 2 is 1.81 bits per heavy atom. The van der Waals surface area contributed by atoms with E-state index in [1.54, 1.807) is 32.4 Å². The fourth-order valence-electron chi connectivity index (χ4n) is 6.78. The maximum Gasteiger partial charge on any atom is 0.259 e. The third-order valence-electron chi connectivity index (χ3n) is 8.04. The topological polar surface area (TPSA) is 62.7 Å². The molecule has 168 valence electrons. The van der Waals surface area contributed by atoms with Gasteiger partial charge in [-0.2, -0.15) is 0 Å². The summed E-state index contributed by atoms with van der Waals surface area (Å²) in [6.07, 6.45) is 6.32. The number of rotatable bonds is 4. The van der Waals surface area contributed by atoms with Crippen molar-refractivity contribution in [1.82, 2.24) is 14.8 Å². The van der Waals surface area contributed by atoms with Crippen molar-refractivity contribution in [1.29, 1.82) is 0 Å². The zero-order chi connectivity index (χ0) is 22.5. The maximum atomic E-state index is 14.1. The summed E-state index contributed by atoms with van der Waals surface area (Å²) in [6.45, 7) is 3.97. The van der Waals surface area contributed by atoms with Gasteiger partial charge < -0.3 is 14.5 Å². The molecule has 2 bridgehead atoms. The molecule has 2 aromatic rings. The lowest BCUT2D eigenvalue weighted by molar-refractivity contribution is -0.133. The Bertz CT molecular complexity index is 1030. The van der Waals surface area contributed by atoms with Crippen LogP contribution in [0.3, 0.4) is 0 Å². The van der Waals surface area contributed by atoms with Gasteiger partial charge in [0.15, 0.2) is 0 Å². The van der Waals surface area contributed by atoms with E-state index < -0.39 is 0 Å². The second-order valence-corrected chi connectivity index (χ2v) is 9.70. The molecule has 0 unspecified atom stereocenters. The summed E-state index contributed by atoms with van der Waals surface area (Å²) in [6, 6.07) is 14.1. The van der Waals surface area contributed by atoms with Crippen LogP contribution in [0.15, 0.2) is 48.7 Å². The van der Waals surface area contributed by atoms with Gasteiger partial charge in [0, 0.05) is 30.6 Å². The average molecular weight is 434 g/mol. The van der Waals surface area contributed by atoms with E-state index in [0.717, 1.165) is 32.1 Å². The molecule has 1 aliphatic carbocycles. The van der Waals surface area contributed by atoms with E-state index >= 15 is 0 Å². The molecule has 6 heteroatoms. The number of amides is 2. The van der Waals surface area contributed by atoms with E-state index in [9.17, 15) is 9.59 Å². The van der Waals surface area contributed by atoms with Crippen LogP contribution in [0.1, 0.15) is 55.5 Å². The number of aromatic nitrogens is 1. The molecule has 2 aliphatic heterocycles. The molecule has 5 rings (SSSR count). The smallest absolute Gasteiger partial charge is 0.259 e. The number of benzene rings is 1. The van der Waals surface area contributed by atoms with Crippen LogP contribution in [-0.4, -0.2) is 57.9 Å². The maximum absolute atomic E-state index is 14.1. The first-order valence-corrected chi connectivity index (χ1v) is 11.6. The Kier molecular flexibility index (Phi) is 5.19. The molecular weight excluding hydrogens is 402 g/mol. The highest BCUT2D eigenvalue weighted by Crippen LogP contribution is 2.56. The second kappa shape index (κ2) is 7.91. The van der Waals surface area contributed by atoms with Gasteiger partial charge in [0.25, 0.3) is 5.91 Å². The normalized spacial score (nSPS) is 30.8. The standard InChI is InChI=1S/C26H31N3O3/c1-17(30)28-21-16-26(2)22(28)12-7-13-23(26)29(20(21)15-18-9-5-4-6-10-18)25(31)19-11-8-14-27-24(19)32-3/h4-6,8-11,14,20-23H,7,12-13,15-16H2,1-3H3/t20-,21-,22-,23+,26-/m0/s1. The minimum absolute atomic E-state index is 0.0173. The number of pyridine rings is 1. The number of nitrogens with zero attached hydrogens (tertiary/aromatic N) is 3. The van der Waals surface area contributed by atoms with Crippen molar-refractivity contribution in [3.8, 4) is 5.88 Å². The van der Waals surface area contributed by atoms with Gasteiger partial charge in [0.1, 0.15) is 5.56 Å². The summed E-state index contributed by atoms with van der Waals surface area (Å²) >= 11 is 0. The van der Waals surface area contributed by atoms with Crippen LogP contribution in [0, 0.1) is 5.41 Å². The number of methoxy groups -OCH3 is 1. The van der Waals surface area contributed by atoms with Gasteiger partial charge in [-0.25, -0.2) is 4.98 Å². The first-order chi connectivity index (χ1) is 15.5. The van der Waals surface area contributed by atoms with Crippen LogP contribution in [0.5, 0.6) is 5.88 Å². The van der Waals surface area contributed by atoms with Gasteiger partial charge in [0.2, 0.25) is 11.8 Å². The third kappa shape index (κ3) is 3.11. The van der Waals surface area contributed by atoms with Crippen LogP contribution in [-0.2, 0) is 11.2 Å². The van der Waals surface area contributed by atoms with Crippen LogP contribution >= 0.6 is 0 Å². The molecule has 3 heterocycles. The van der Waals surface area contributed by atoms with Crippen molar-refractivity contribution in [3.05, 3.63) is 59.8 Å². The Morgan fingerprint density at radius 1 is 1.09 bits per heavy atom. The number of carbonyl (C=O) groups is 2. The van der Waals surface area contributed by atoms with Gasteiger partial charge in [-0.1, -0.05) is 37.3 Å². The SMILES string of the molecule is COc1ncccc1C(=O)N1[C@@H](Cc2ccccc2)[C@@H]2C[C@@]3(C)[C@H](CCC[C@@H]13)N2C(C)=O. The predicted molar refractivity (Wildman–Crippen MR) is 121 cm³/mol. The van der Waals surface area contributed by atoms with Gasteiger partial charge >= 0.3 is 0 Å². The molecule has 3 fully saturated rings. The minimum Gasteiger partial charge on any atom is -0.480 e. The van der Waals surface area contributed by atoms with Crippen molar-refractivity contribution in [2.45, 2.75) is 70.1 Å². The monoisotopic (exact) mass is 433 g/mol. The molecule has 1 aromatic carbocycles. The van der Waals surface area contributed by atoms with E-state index in [1.165, 1.54) is 5.56 Å². The first-order valence-electron chi connectivity index (χ1n) is 11.6. The molecule has 0 N–H and O–H groups in total. The highest BCUT2D eigenvalue weighted by molar-refractivity contribution is 5.97. The summed E-state index contributed by atoms with van der Waals surface area (Å²) in [7, 11) is 1.55. The Labute approximate surface area is 189 Å². The third-order valence-corrected chi connectivity index (χ3v) is 8.04. The fraction of sp³-hybridized carbons (Fsp3) is 0.500. The van der Waals surface area contributed by atoms with Crippen molar-refractivity contribution in [2.24, 2.45) is 5.41 Å². The van der Waals surface area contributed by atoms with Gasteiger partial charge in [-0.15, -0.1) is 0 Å². The minimum atomic E-state index is -0.0904. The van der Waals surface area contributed by atoms with Gasteiger partial charge in [0.05, 0.1) is 19.2 Å². The number of carbonyl (C=O) groups excluding carboxylic acids is 2. The highest BCUT2D eigenvalue weighted by Gasteiger charge is 2.64. The Hall–Kier alpha value is -2.89. The lowest BCUT2D eigenvalue weighted by Gasteiger charge is -2.53. The fourth-order valence-corrected chi connectivity index (χ4v) is 6.78. The number of ether oxygens (including phenoxy) is 1. The van der Waals surface area contributed by atoms with E-state index in [0.29, 0.717) is 11.4 Å². The van der Waals surface area contributed by atoms with Crippen LogP contribution in [0.25, 0.3) is 0 Å². The zero-order valence-corrected chi connectivity index (χ0v) is 19.0. The lowest BCUT2D eigenvalue weighted by Crippen LogP contribution is -2.62. The van der Waals surface area contributed by atoms with Crippen molar-refractivity contribution >= 4 is 11.8 Å². The molecule has 0 radical (unpaired) electrons. The molecule has 1 saturated carbocycles.